The highest BCUT2D eigenvalue weighted by molar-refractivity contribution is 7.76. The molecule has 0 unspecified atom stereocenters. The average molecular weight is 1390 g/mol. The SMILES string of the molecule is CC(C)(C)[P@]1(=O)COc2cccc(-c3cccc4c3[P@](=O)(C(C)(C)C)CO4)c21.CC(C)[C@H]1Oc2cccc(-c3cccc4c3[P@](=O)(C(C)(C)C)[C@@H](C(C)C)O4)c2[P@]1(=O)C(C)(C)C.CC(C)[C@H]1Oc2cccc(-c3cccc4c3[P@](C(C)(C)C)[C@@H](C(C)C)O4)c2[P@]1C(C)(C)C. The Hall–Kier alpha value is -4.10. The van der Waals surface area contributed by atoms with Crippen LogP contribution in [0.5, 0.6) is 34.5 Å². The number of hydrogen-bond acceptors (Lipinski definition) is 10. The van der Waals surface area contributed by atoms with Gasteiger partial charge in [0, 0.05) is 31.2 Å². The number of fused-ring (bicyclic) bond motifs is 6. The van der Waals surface area contributed by atoms with Crippen LogP contribution in [0.2, 0.25) is 0 Å². The Kier molecular flexibility index (Phi) is 19.3. The van der Waals surface area contributed by atoms with Gasteiger partial charge in [-0.05, 0) is 120 Å². The highest BCUT2D eigenvalue weighted by atomic mass is 31.2. The normalized spacial score (nSPS) is 26.7. The Labute approximate surface area is 567 Å². The molecule has 6 aromatic rings. The highest BCUT2D eigenvalue weighted by Crippen LogP contribution is 2.72. The second-order valence-electron chi connectivity index (χ2n) is 34.0. The van der Waals surface area contributed by atoms with Gasteiger partial charge in [-0.15, -0.1) is 0 Å². The topological polar surface area (TPSA) is 124 Å². The van der Waals surface area contributed by atoms with Crippen molar-refractivity contribution in [2.75, 3.05) is 12.7 Å². The predicted molar refractivity (Wildman–Crippen MR) is 404 cm³/mol. The maximum absolute atomic E-state index is 15.0. The fourth-order valence-electron chi connectivity index (χ4n) is 14.6. The van der Waals surface area contributed by atoms with Crippen LogP contribution in [0.4, 0.5) is 0 Å². The fraction of sp³-hybridized carbons (Fsp3) is 0.538. The molecule has 0 aliphatic carbocycles. The van der Waals surface area contributed by atoms with Crippen molar-refractivity contribution in [3.8, 4) is 67.9 Å². The molecule has 0 amide bonds. The summed E-state index contributed by atoms with van der Waals surface area (Å²) in [7, 11) is -12.6. The lowest BCUT2D eigenvalue weighted by Crippen LogP contribution is -2.33. The Morgan fingerprint density at radius 3 is 0.851 bits per heavy atom. The van der Waals surface area contributed by atoms with Crippen LogP contribution in [0, 0.1) is 23.7 Å². The Morgan fingerprint density at radius 1 is 0.330 bits per heavy atom. The molecule has 10 nitrogen and oxygen atoms in total. The third kappa shape index (κ3) is 11.9. The summed E-state index contributed by atoms with van der Waals surface area (Å²) in [6.07, 6.45) is 0.427. The first-order valence-electron chi connectivity index (χ1n) is 34.0. The molecule has 6 aliphatic rings. The van der Waals surface area contributed by atoms with E-state index in [4.69, 9.17) is 28.4 Å². The van der Waals surface area contributed by atoms with E-state index in [2.05, 4.69) is 133 Å². The summed E-state index contributed by atoms with van der Waals surface area (Å²) in [5, 5.41) is 4.62. The van der Waals surface area contributed by atoms with Crippen LogP contribution in [0.25, 0.3) is 33.4 Å². The molecule has 510 valence electrons. The molecule has 0 saturated heterocycles. The Bertz CT molecular complexity index is 3840. The molecule has 6 heterocycles. The molecule has 0 aromatic heterocycles. The van der Waals surface area contributed by atoms with E-state index in [1.54, 1.807) is 0 Å². The van der Waals surface area contributed by atoms with Crippen LogP contribution in [0.3, 0.4) is 0 Å². The molecule has 0 N–H and O–H groups in total. The van der Waals surface area contributed by atoms with Gasteiger partial charge in [0.25, 0.3) is 0 Å². The maximum Gasteiger partial charge on any atom is 0.163 e. The number of rotatable bonds is 7. The quantitative estimate of drug-likeness (QED) is 0.143. The zero-order valence-electron chi connectivity index (χ0n) is 61.2. The molecule has 0 radical (unpaired) electrons. The molecule has 10 atom stereocenters. The summed E-state index contributed by atoms with van der Waals surface area (Å²) < 4.78 is 96.1. The molecule has 6 aromatic carbocycles. The first kappa shape index (κ1) is 72.6. The van der Waals surface area contributed by atoms with Crippen LogP contribution in [0.1, 0.15) is 180 Å². The van der Waals surface area contributed by atoms with E-state index in [0.29, 0.717) is 34.8 Å². The van der Waals surface area contributed by atoms with Gasteiger partial charge in [0.2, 0.25) is 0 Å². The lowest BCUT2D eigenvalue weighted by atomic mass is 10.0. The highest BCUT2D eigenvalue weighted by Gasteiger charge is 2.59. The third-order valence-electron chi connectivity index (χ3n) is 19.6. The largest absolute Gasteiger partial charge is 0.485 e. The van der Waals surface area contributed by atoms with Gasteiger partial charge in [0.05, 0.1) is 21.2 Å². The molecule has 16 heteroatoms. The fourth-order valence-corrected chi connectivity index (χ4v) is 34.0. The Balaban J connectivity index is 0.000000155. The smallest absolute Gasteiger partial charge is 0.163 e. The number of ether oxygens (including phenoxy) is 6. The summed E-state index contributed by atoms with van der Waals surface area (Å²) in [5.74, 6) is 5.88. The van der Waals surface area contributed by atoms with Gasteiger partial charge in [-0.2, -0.15) is 0 Å². The summed E-state index contributed by atoms with van der Waals surface area (Å²) >= 11 is 0. The van der Waals surface area contributed by atoms with Gasteiger partial charge in [-0.1, -0.05) is 253 Å². The predicted octanol–water partition coefficient (Wildman–Crippen LogP) is 21.2. The zero-order valence-corrected chi connectivity index (χ0v) is 66.6. The van der Waals surface area contributed by atoms with E-state index in [1.165, 1.54) is 21.7 Å². The lowest BCUT2D eigenvalue weighted by molar-refractivity contribution is 0.232. The molecule has 0 spiro atoms. The summed E-state index contributed by atoms with van der Waals surface area (Å²) in [4.78, 5) is 0. The van der Waals surface area contributed by atoms with Crippen LogP contribution in [0.15, 0.2) is 109 Å². The average Bonchev–Trinajstić information content (AvgIpc) is 1.52. The van der Waals surface area contributed by atoms with Crippen molar-refractivity contribution in [3.63, 3.8) is 0 Å². The number of benzene rings is 6. The minimum absolute atomic E-state index is 0.0983. The summed E-state index contributed by atoms with van der Waals surface area (Å²) in [5.41, 5.74) is 6.20. The van der Waals surface area contributed by atoms with E-state index in [9.17, 15) is 9.13 Å². The summed E-state index contributed by atoms with van der Waals surface area (Å²) in [6, 6.07) is 36.8. The van der Waals surface area contributed by atoms with Crippen molar-refractivity contribution < 1.29 is 46.7 Å². The van der Waals surface area contributed by atoms with E-state index < -0.39 is 65.0 Å². The minimum Gasteiger partial charge on any atom is -0.485 e. The molecule has 0 fully saturated rings. The van der Waals surface area contributed by atoms with Crippen LogP contribution in [-0.4, -0.2) is 67.0 Å². The monoisotopic (exact) mass is 1390 g/mol. The molecular formula is C78H108O10P6. The van der Waals surface area contributed by atoms with Gasteiger partial charge in [-0.3, -0.25) is 0 Å². The van der Waals surface area contributed by atoms with Gasteiger partial charge >= 0.3 is 0 Å². The maximum atomic E-state index is 15.0. The van der Waals surface area contributed by atoms with Crippen molar-refractivity contribution in [2.45, 2.75) is 234 Å². The van der Waals surface area contributed by atoms with E-state index in [0.717, 1.165) is 55.0 Å². The zero-order chi connectivity index (χ0) is 69.6. The van der Waals surface area contributed by atoms with Gasteiger partial charge in [0.15, 0.2) is 40.3 Å². The first-order chi connectivity index (χ1) is 43.3. The van der Waals surface area contributed by atoms with Crippen molar-refractivity contribution in [2.24, 2.45) is 23.7 Å². The lowest BCUT2D eigenvalue weighted by Gasteiger charge is -2.35. The van der Waals surface area contributed by atoms with Crippen LogP contribution in [-0.2, 0) is 18.3 Å². The molecular weight excluding hydrogens is 1280 g/mol. The van der Waals surface area contributed by atoms with Crippen LogP contribution >= 0.6 is 44.4 Å². The molecule has 6 aliphatic heterocycles. The number of hydrogen-bond donors (Lipinski definition) is 0. The minimum atomic E-state index is -3.01. The molecule has 12 rings (SSSR count). The van der Waals surface area contributed by atoms with E-state index in [1.807, 2.05) is 156 Å². The van der Waals surface area contributed by atoms with E-state index >= 15 is 9.13 Å². The van der Waals surface area contributed by atoms with Gasteiger partial charge in [-0.25, -0.2) is 0 Å². The third-order valence-corrected chi connectivity index (χ3v) is 43.6. The van der Waals surface area contributed by atoms with E-state index in [-0.39, 0.29) is 58.2 Å². The second-order valence-corrected chi connectivity index (χ2v) is 54.4. The second kappa shape index (κ2) is 25.0. The van der Waals surface area contributed by atoms with Crippen molar-refractivity contribution in [3.05, 3.63) is 109 Å². The Morgan fingerprint density at radius 2 is 0.596 bits per heavy atom. The summed E-state index contributed by atoms with van der Waals surface area (Å²) in [6.45, 7) is 56.1. The van der Waals surface area contributed by atoms with Crippen molar-refractivity contribution >= 4 is 76.2 Å². The molecule has 94 heavy (non-hydrogen) atoms. The van der Waals surface area contributed by atoms with Crippen molar-refractivity contribution in [1.82, 2.24) is 0 Å². The van der Waals surface area contributed by atoms with Gasteiger partial charge < -0.3 is 46.7 Å². The standard InChI is InChI=1S/C28H40O4P2.C28H40O2P2.C22H28O4P2/c1-17(2)25-31-21-15-11-13-19(23(21)33(25,29)27(5,6)7)20-14-12-16-22-24(20)34(30,28(8,9)10)26(32-22)18(3)4;1-17(2)25-29-21-15-11-13-19(23(21)31(25)27(5,6)7)20-14-12-16-22-24(20)32(28(8,9)10)26(30-22)18(3)4;1-21(2,3)27(23)13-25-17-11-7-9-15(19(17)27)16-10-8-12-18-20(16)28(24,14-26-18)22(4,5)6/h11-18,25-26H,1-10H3;11-18,25-26H,1-10H3;7-12H,13-14H2,1-6H3/t25-,26-,33+,34+;25-,26-,31-,32-;27-,28-/m000/s1. The molecule has 0 saturated carbocycles. The first-order valence-corrected chi connectivity index (χ1v) is 44.1. The van der Waals surface area contributed by atoms with Crippen molar-refractivity contribution in [1.29, 1.82) is 0 Å². The van der Waals surface area contributed by atoms with Gasteiger partial charge in [0.1, 0.15) is 58.9 Å². The van der Waals surface area contributed by atoms with Crippen LogP contribution < -0.4 is 60.2 Å². The molecule has 0 bridgehead atoms.